The molecule has 0 unspecified atom stereocenters. The SMILES string of the molecule is COc1ccc(NC(C)=O)cc1NC(=O)[C@@H]1Cc2ccccc2S1. The maximum atomic E-state index is 12.6. The summed E-state index contributed by atoms with van der Waals surface area (Å²) < 4.78 is 5.30. The summed E-state index contributed by atoms with van der Waals surface area (Å²) >= 11 is 1.57. The Labute approximate surface area is 144 Å². The first kappa shape index (κ1) is 16.4. The molecule has 0 bridgehead atoms. The van der Waals surface area contributed by atoms with Crippen molar-refractivity contribution < 1.29 is 14.3 Å². The van der Waals surface area contributed by atoms with Crippen LogP contribution in [0.4, 0.5) is 11.4 Å². The molecule has 0 aliphatic carbocycles. The monoisotopic (exact) mass is 342 g/mol. The van der Waals surface area contributed by atoms with E-state index in [0.717, 1.165) is 4.90 Å². The molecule has 2 amide bonds. The Morgan fingerprint density at radius 1 is 1.17 bits per heavy atom. The predicted molar refractivity (Wildman–Crippen MR) is 95.7 cm³/mol. The molecule has 124 valence electrons. The lowest BCUT2D eigenvalue weighted by molar-refractivity contribution is -0.116. The molecule has 5 nitrogen and oxygen atoms in total. The van der Waals surface area contributed by atoms with Crippen molar-refractivity contribution in [1.82, 2.24) is 0 Å². The minimum absolute atomic E-state index is 0.0746. The molecule has 0 fully saturated rings. The van der Waals surface area contributed by atoms with Crippen molar-refractivity contribution in [2.24, 2.45) is 0 Å². The van der Waals surface area contributed by atoms with Gasteiger partial charge in [-0.2, -0.15) is 0 Å². The molecule has 6 heteroatoms. The first-order chi connectivity index (χ1) is 11.6. The zero-order valence-electron chi connectivity index (χ0n) is 13.5. The van der Waals surface area contributed by atoms with Crippen LogP contribution in [-0.4, -0.2) is 24.2 Å². The Morgan fingerprint density at radius 2 is 1.96 bits per heavy atom. The number of carbonyl (C=O) groups is 2. The van der Waals surface area contributed by atoms with Gasteiger partial charge in [-0.25, -0.2) is 0 Å². The zero-order valence-corrected chi connectivity index (χ0v) is 14.3. The number of carbonyl (C=O) groups excluding carboxylic acids is 2. The molecule has 2 aromatic carbocycles. The highest BCUT2D eigenvalue weighted by atomic mass is 32.2. The van der Waals surface area contributed by atoms with E-state index < -0.39 is 0 Å². The average Bonchev–Trinajstić information content (AvgIpc) is 2.99. The molecule has 1 atom stereocenters. The standard InChI is InChI=1S/C18H18N2O3S/c1-11(21)19-13-7-8-15(23-2)14(10-13)20-18(22)17-9-12-5-3-4-6-16(12)24-17/h3-8,10,17H,9H2,1-2H3,(H,19,21)(H,20,22)/t17-/m0/s1. The minimum atomic E-state index is -0.170. The van der Waals surface area contributed by atoms with Crippen molar-refractivity contribution >= 4 is 35.0 Å². The number of rotatable bonds is 4. The number of anilines is 2. The third-order valence-corrected chi connectivity index (χ3v) is 5.03. The Hall–Kier alpha value is -2.47. The Kier molecular flexibility index (Phi) is 4.76. The number of thioether (sulfide) groups is 1. The third-order valence-electron chi connectivity index (χ3n) is 3.72. The van der Waals surface area contributed by atoms with E-state index in [1.807, 2.05) is 24.3 Å². The number of benzene rings is 2. The van der Waals surface area contributed by atoms with Crippen LogP contribution in [0.2, 0.25) is 0 Å². The highest BCUT2D eigenvalue weighted by Crippen LogP contribution is 2.38. The highest BCUT2D eigenvalue weighted by Gasteiger charge is 2.28. The van der Waals surface area contributed by atoms with Crippen molar-refractivity contribution in [3.63, 3.8) is 0 Å². The van der Waals surface area contributed by atoms with Crippen molar-refractivity contribution in [3.8, 4) is 5.75 Å². The molecule has 1 aliphatic heterocycles. The quantitative estimate of drug-likeness (QED) is 0.894. The molecule has 2 aromatic rings. The van der Waals surface area contributed by atoms with Gasteiger partial charge in [-0.15, -0.1) is 11.8 Å². The van der Waals surface area contributed by atoms with E-state index >= 15 is 0 Å². The molecular weight excluding hydrogens is 324 g/mol. The fourth-order valence-corrected chi connectivity index (χ4v) is 3.82. The molecule has 0 aromatic heterocycles. The normalized spacial score (nSPS) is 15.5. The number of hydrogen-bond donors (Lipinski definition) is 2. The van der Waals surface area contributed by atoms with E-state index in [1.54, 1.807) is 37.1 Å². The van der Waals surface area contributed by atoms with E-state index in [-0.39, 0.29) is 17.1 Å². The van der Waals surface area contributed by atoms with Gasteiger partial charge in [0.15, 0.2) is 0 Å². The lowest BCUT2D eigenvalue weighted by Gasteiger charge is -2.14. The maximum Gasteiger partial charge on any atom is 0.238 e. The third kappa shape index (κ3) is 3.54. The first-order valence-corrected chi connectivity index (χ1v) is 8.46. The second kappa shape index (κ2) is 6.97. The Balaban J connectivity index is 1.75. The zero-order chi connectivity index (χ0) is 17.1. The van der Waals surface area contributed by atoms with Crippen LogP contribution >= 0.6 is 11.8 Å². The van der Waals surface area contributed by atoms with Crippen molar-refractivity contribution in [2.75, 3.05) is 17.7 Å². The van der Waals surface area contributed by atoms with E-state index in [4.69, 9.17) is 4.74 Å². The van der Waals surface area contributed by atoms with Gasteiger partial charge in [0.2, 0.25) is 11.8 Å². The molecule has 24 heavy (non-hydrogen) atoms. The van der Waals surface area contributed by atoms with E-state index in [2.05, 4.69) is 10.6 Å². The summed E-state index contributed by atoms with van der Waals surface area (Å²) in [5.41, 5.74) is 2.35. The van der Waals surface area contributed by atoms with Crippen LogP contribution in [0.3, 0.4) is 0 Å². The van der Waals surface area contributed by atoms with Gasteiger partial charge in [0.05, 0.1) is 18.0 Å². The minimum Gasteiger partial charge on any atom is -0.495 e. The van der Waals surface area contributed by atoms with Crippen LogP contribution in [0.15, 0.2) is 47.4 Å². The number of ether oxygens (including phenoxy) is 1. The highest BCUT2D eigenvalue weighted by molar-refractivity contribution is 8.01. The van der Waals surface area contributed by atoms with Gasteiger partial charge in [0.1, 0.15) is 5.75 Å². The molecule has 2 N–H and O–H groups in total. The van der Waals surface area contributed by atoms with Gasteiger partial charge in [-0.05, 0) is 36.2 Å². The van der Waals surface area contributed by atoms with Crippen LogP contribution in [0.25, 0.3) is 0 Å². The largest absolute Gasteiger partial charge is 0.495 e. The summed E-state index contributed by atoms with van der Waals surface area (Å²) in [6.07, 6.45) is 0.709. The molecule has 0 radical (unpaired) electrons. The number of hydrogen-bond acceptors (Lipinski definition) is 4. The van der Waals surface area contributed by atoms with E-state index in [9.17, 15) is 9.59 Å². The summed E-state index contributed by atoms with van der Waals surface area (Å²) in [6, 6.07) is 13.2. The fraction of sp³-hybridized carbons (Fsp3) is 0.222. The predicted octanol–water partition coefficient (Wildman–Crippen LogP) is 3.31. The van der Waals surface area contributed by atoms with Gasteiger partial charge < -0.3 is 15.4 Å². The molecule has 0 saturated carbocycles. The second-order valence-corrected chi connectivity index (χ2v) is 6.75. The number of methoxy groups -OCH3 is 1. The number of fused-ring (bicyclic) bond motifs is 1. The molecule has 3 rings (SSSR count). The summed E-state index contributed by atoms with van der Waals surface area (Å²) in [5, 5.41) is 5.45. The molecule has 1 aliphatic rings. The Bertz CT molecular complexity index is 767. The van der Waals surface area contributed by atoms with Crippen LogP contribution in [0, 0.1) is 0 Å². The van der Waals surface area contributed by atoms with Gasteiger partial charge in [-0.3, -0.25) is 9.59 Å². The molecular formula is C18H18N2O3S. The summed E-state index contributed by atoms with van der Waals surface area (Å²) in [5.74, 6) is 0.312. The summed E-state index contributed by atoms with van der Waals surface area (Å²) in [6.45, 7) is 1.44. The van der Waals surface area contributed by atoms with E-state index in [0.29, 0.717) is 23.5 Å². The van der Waals surface area contributed by atoms with Crippen LogP contribution in [-0.2, 0) is 16.0 Å². The van der Waals surface area contributed by atoms with Gasteiger partial charge in [0.25, 0.3) is 0 Å². The smallest absolute Gasteiger partial charge is 0.238 e. The average molecular weight is 342 g/mol. The second-order valence-electron chi connectivity index (χ2n) is 5.50. The number of amides is 2. The molecule has 0 spiro atoms. The van der Waals surface area contributed by atoms with Crippen LogP contribution in [0.5, 0.6) is 5.75 Å². The van der Waals surface area contributed by atoms with Crippen molar-refractivity contribution in [3.05, 3.63) is 48.0 Å². The van der Waals surface area contributed by atoms with Gasteiger partial charge in [-0.1, -0.05) is 18.2 Å². The lowest BCUT2D eigenvalue weighted by Crippen LogP contribution is -2.25. The van der Waals surface area contributed by atoms with E-state index in [1.165, 1.54) is 12.5 Å². The lowest BCUT2D eigenvalue weighted by atomic mass is 10.1. The van der Waals surface area contributed by atoms with Crippen molar-refractivity contribution in [2.45, 2.75) is 23.5 Å². The topological polar surface area (TPSA) is 67.4 Å². The number of nitrogens with one attached hydrogen (secondary N) is 2. The summed E-state index contributed by atoms with van der Waals surface area (Å²) in [7, 11) is 1.54. The molecule has 1 heterocycles. The summed E-state index contributed by atoms with van der Waals surface area (Å²) in [4.78, 5) is 25.0. The van der Waals surface area contributed by atoms with Crippen LogP contribution < -0.4 is 15.4 Å². The molecule has 0 saturated heterocycles. The van der Waals surface area contributed by atoms with Crippen LogP contribution in [0.1, 0.15) is 12.5 Å². The van der Waals surface area contributed by atoms with Crippen molar-refractivity contribution in [1.29, 1.82) is 0 Å². The first-order valence-electron chi connectivity index (χ1n) is 7.58. The van der Waals surface area contributed by atoms with Gasteiger partial charge >= 0.3 is 0 Å². The van der Waals surface area contributed by atoms with Gasteiger partial charge in [0, 0.05) is 17.5 Å². The maximum absolute atomic E-state index is 12.6. The fourth-order valence-electron chi connectivity index (χ4n) is 2.63. The Morgan fingerprint density at radius 3 is 2.67 bits per heavy atom.